The molecule has 11 nitrogen and oxygen atoms in total. The Morgan fingerprint density at radius 1 is 0.229 bits per heavy atom. The average molecular weight is 642 g/mol. The third kappa shape index (κ3) is 6.12. The second kappa shape index (κ2) is 12.3. The van der Waals surface area contributed by atoms with Crippen LogP contribution in [0.3, 0.4) is 0 Å². The molecular weight excluding hydrogens is 598 g/mol. The Morgan fingerprint density at radius 2 is 0.458 bits per heavy atom. The van der Waals surface area contributed by atoms with Crippen molar-refractivity contribution < 1.29 is 0 Å². The molecule has 0 spiro atoms. The summed E-state index contributed by atoms with van der Waals surface area (Å²) in [7, 11) is 0. The number of hydrogen-bond acceptors (Lipinski definition) is 11. The highest BCUT2D eigenvalue weighted by Gasteiger charge is 2.13. The fraction of sp³-hybridized carbons (Fsp3) is 0.0811. The number of aryl methyl sites for hydroxylation is 3. The van der Waals surface area contributed by atoms with Crippen LogP contribution in [0.25, 0.3) is 43.1 Å². The smallest absolute Gasteiger partial charge is 0.0568 e. The van der Waals surface area contributed by atoms with Crippen molar-refractivity contribution in [2.45, 2.75) is 20.8 Å². The van der Waals surface area contributed by atoms with Gasteiger partial charge in [-0.05, 0) is 153 Å². The van der Waals surface area contributed by atoms with Gasteiger partial charge in [-0.15, -0.1) is 0 Å². The fourth-order valence-electron chi connectivity index (χ4n) is 5.61. The van der Waals surface area contributed by atoms with E-state index in [0.29, 0.717) is 51.2 Å². The number of fused-ring (bicyclic) bond motifs is 7. The van der Waals surface area contributed by atoms with Gasteiger partial charge >= 0.3 is 0 Å². The summed E-state index contributed by atoms with van der Waals surface area (Å²) < 4.78 is 0. The number of nitrogens with two attached hydrogens (primary N) is 11. The van der Waals surface area contributed by atoms with Crippen LogP contribution in [-0.2, 0) is 0 Å². The first-order chi connectivity index (χ1) is 22.5. The van der Waals surface area contributed by atoms with Crippen LogP contribution in [0.2, 0.25) is 0 Å². The van der Waals surface area contributed by atoms with Crippen molar-refractivity contribution in [1.29, 1.82) is 0 Å². The molecule has 0 aromatic heterocycles. The number of hydrogen-bond donors (Lipinski definition) is 11. The van der Waals surface area contributed by atoms with Crippen LogP contribution >= 0.6 is 0 Å². The van der Waals surface area contributed by atoms with Gasteiger partial charge in [0, 0.05) is 17.1 Å². The minimum Gasteiger partial charge on any atom is -0.398 e. The molecule has 0 bridgehead atoms. The largest absolute Gasteiger partial charge is 0.398 e. The molecule has 11 heteroatoms. The van der Waals surface area contributed by atoms with Crippen LogP contribution in [0.5, 0.6) is 0 Å². The summed E-state index contributed by atoms with van der Waals surface area (Å²) in [5, 5.41) is 8.20. The lowest BCUT2D eigenvalue weighted by atomic mass is 9.91. The van der Waals surface area contributed by atoms with Crippen LogP contribution in [0.15, 0.2) is 72.8 Å². The molecule has 0 saturated heterocycles. The second-order valence-electron chi connectivity index (χ2n) is 12.2. The summed E-state index contributed by atoms with van der Waals surface area (Å²) >= 11 is 0. The lowest BCUT2D eigenvalue weighted by Gasteiger charge is -2.15. The first-order valence-corrected chi connectivity index (χ1v) is 15.1. The van der Waals surface area contributed by atoms with Gasteiger partial charge in [-0.25, -0.2) is 0 Å². The van der Waals surface area contributed by atoms with Crippen LogP contribution in [0.1, 0.15) is 16.7 Å². The molecular formula is C37H43N11. The van der Waals surface area contributed by atoms with Crippen molar-refractivity contribution in [1.82, 2.24) is 0 Å². The summed E-state index contributed by atoms with van der Waals surface area (Å²) in [6.07, 6.45) is 0. The van der Waals surface area contributed by atoms with E-state index in [4.69, 9.17) is 63.1 Å². The zero-order chi connectivity index (χ0) is 35.2. The van der Waals surface area contributed by atoms with E-state index in [1.54, 1.807) is 12.1 Å². The Kier molecular flexibility index (Phi) is 8.39. The van der Waals surface area contributed by atoms with Gasteiger partial charge in [0.25, 0.3) is 0 Å². The van der Waals surface area contributed by atoms with Crippen molar-refractivity contribution in [2.24, 2.45) is 0 Å². The molecule has 0 amide bonds. The van der Waals surface area contributed by atoms with E-state index in [2.05, 4.69) is 6.07 Å². The molecule has 22 N–H and O–H groups in total. The summed E-state index contributed by atoms with van der Waals surface area (Å²) in [5.41, 5.74) is 73.9. The van der Waals surface area contributed by atoms with Gasteiger partial charge in [0.1, 0.15) is 0 Å². The standard InChI is InChI=1S/C19H19N5.C11H13N3.C7H11N3/c1-8-2-9-10(3-15(8)20)12-5-17(22)19(24)7-14(12)13-6-18(23)16(21)4-11(9)13;1-6-2-7-4-10(13)11(14)5-8(7)3-9(6)12;1-4-2-6(9)7(10)3-5(4)8/h2-7H,20-24H2,1H3;2-5H,12-14H2,1H3;2-3H,8-10H2,1H3. The highest BCUT2D eigenvalue weighted by Crippen LogP contribution is 2.41. The van der Waals surface area contributed by atoms with Crippen molar-refractivity contribution >= 4 is 106 Å². The summed E-state index contributed by atoms with van der Waals surface area (Å²) in [5.74, 6) is 0. The quantitative estimate of drug-likeness (QED) is 0.0673. The van der Waals surface area contributed by atoms with Gasteiger partial charge < -0.3 is 63.1 Å². The van der Waals surface area contributed by atoms with Gasteiger partial charge in [-0.1, -0.05) is 0 Å². The van der Waals surface area contributed by atoms with E-state index in [9.17, 15) is 0 Å². The number of benzene rings is 7. The lowest BCUT2D eigenvalue weighted by molar-refractivity contribution is 1.47. The summed E-state index contributed by atoms with van der Waals surface area (Å²) in [6, 6.07) is 22.7. The van der Waals surface area contributed by atoms with E-state index >= 15 is 0 Å². The van der Waals surface area contributed by atoms with E-state index in [0.717, 1.165) is 71.2 Å². The molecule has 0 heterocycles. The van der Waals surface area contributed by atoms with E-state index in [1.165, 1.54) is 0 Å². The molecule has 48 heavy (non-hydrogen) atoms. The van der Waals surface area contributed by atoms with Crippen LogP contribution in [0, 0.1) is 20.8 Å². The molecule has 0 unspecified atom stereocenters. The van der Waals surface area contributed by atoms with Gasteiger partial charge in [-0.3, -0.25) is 0 Å². The fourth-order valence-corrected chi connectivity index (χ4v) is 5.61. The van der Waals surface area contributed by atoms with Crippen molar-refractivity contribution in [3.8, 4) is 0 Å². The van der Waals surface area contributed by atoms with Crippen LogP contribution < -0.4 is 63.1 Å². The Balaban J connectivity index is 0.000000159. The van der Waals surface area contributed by atoms with E-state index < -0.39 is 0 Å². The molecule has 0 aliphatic rings. The number of rotatable bonds is 0. The normalized spacial score (nSPS) is 10.9. The first-order valence-electron chi connectivity index (χ1n) is 15.1. The third-order valence-corrected chi connectivity index (χ3v) is 8.62. The maximum atomic E-state index is 6.14. The van der Waals surface area contributed by atoms with Crippen LogP contribution in [0.4, 0.5) is 62.6 Å². The average Bonchev–Trinajstić information content (AvgIpc) is 3.01. The summed E-state index contributed by atoms with van der Waals surface area (Å²) in [6.45, 7) is 5.86. The Bertz CT molecular complexity index is 1990. The molecule has 0 saturated carbocycles. The van der Waals surface area contributed by atoms with Gasteiger partial charge in [0.05, 0.1) is 45.5 Å². The molecule has 0 aliphatic carbocycles. The molecule has 0 atom stereocenters. The monoisotopic (exact) mass is 641 g/mol. The van der Waals surface area contributed by atoms with Gasteiger partial charge in [0.2, 0.25) is 0 Å². The highest BCUT2D eigenvalue weighted by molar-refractivity contribution is 6.28. The van der Waals surface area contributed by atoms with Crippen LogP contribution in [-0.4, -0.2) is 0 Å². The van der Waals surface area contributed by atoms with Gasteiger partial charge in [0.15, 0.2) is 0 Å². The van der Waals surface area contributed by atoms with Gasteiger partial charge in [-0.2, -0.15) is 0 Å². The van der Waals surface area contributed by atoms with Crippen molar-refractivity contribution in [3.63, 3.8) is 0 Å². The maximum absolute atomic E-state index is 6.14. The minimum atomic E-state index is 0.540. The number of anilines is 11. The van der Waals surface area contributed by atoms with E-state index in [1.807, 2.05) is 75.4 Å². The zero-order valence-electron chi connectivity index (χ0n) is 27.3. The topological polar surface area (TPSA) is 286 Å². The zero-order valence-corrected chi connectivity index (χ0v) is 27.3. The predicted molar refractivity (Wildman–Crippen MR) is 212 cm³/mol. The molecule has 246 valence electrons. The van der Waals surface area contributed by atoms with E-state index in [-0.39, 0.29) is 0 Å². The van der Waals surface area contributed by atoms with Crippen molar-refractivity contribution in [2.75, 3.05) is 63.1 Å². The number of nitrogen functional groups attached to an aromatic ring is 11. The molecule has 0 aliphatic heterocycles. The molecule has 7 aromatic carbocycles. The molecule has 0 fully saturated rings. The summed E-state index contributed by atoms with van der Waals surface area (Å²) in [4.78, 5) is 0. The second-order valence-corrected chi connectivity index (χ2v) is 12.2. The maximum Gasteiger partial charge on any atom is 0.0568 e. The van der Waals surface area contributed by atoms with Crippen molar-refractivity contribution in [3.05, 3.63) is 89.5 Å². The minimum absolute atomic E-state index is 0.540. The highest BCUT2D eigenvalue weighted by atomic mass is 14.7. The molecule has 7 rings (SSSR count). The lowest BCUT2D eigenvalue weighted by Crippen LogP contribution is -1.98. The Labute approximate surface area is 278 Å². The Hall–Kier alpha value is -6.62. The third-order valence-electron chi connectivity index (χ3n) is 8.62. The first kappa shape index (κ1) is 32.8. The molecule has 7 aromatic rings. The Morgan fingerprint density at radius 3 is 0.896 bits per heavy atom. The molecule has 0 radical (unpaired) electrons. The predicted octanol–water partition coefficient (Wildman–Crippen LogP) is 6.00. The SMILES string of the molecule is Cc1cc(N)c(N)cc1N.Cc1cc2c(cc1N)c1cc(N)c(N)cc1c1cc(N)c(N)cc21.Cc1cc2cc(N)c(N)cc2cc1N.